The lowest BCUT2D eigenvalue weighted by molar-refractivity contribution is -0.147. The van der Waals surface area contributed by atoms with Gasteiger partial charge < -0.3 is 4.74 Å². The van der Waals surface area contributed by atoms with Crippen molar-refractivity contribution < 1.29 is 23.9 Å². The smallest absolute Gasteiger partial charge is 0.334 e. The fraction of sp³-hybridized carbons (Fsp3) is 0.429. The van der Waals surface area contributed by atoms with Crippen molar-refractivity contribution in [1.29, 1.82) is 0 Å². The zero-order chi connectivity index (χ0) is 10.9. The minimum atomic E-state index is -1.01. The van der Waals surface area contributed by atoms with Crippen molar-refractivity contribution in [2.24, 2.45) is 0 Å². The Morgan fingerprint density at radius 2 is 1.86 bits per heavy atom. The fourth-order valence-corrected chi connectivity index (χ4v) is 0.947. The summed E-state index contributed by atoms with van der Waals surface area (Å²) in [6.07, 6.45) is 0. The Morgan fingerprint density at radius 3 is 2.21 bits per heavy atom. The summed E-state index contributed by atoms with van der Waals surface area (Å²) in [6, 6.07) is -0.814. The van der Waals surface area contributed by atoms with Gasteiger partial charge in [-0.2, -0.15) is 0 Å². The molecule has 0 unspecified atom stereocenters. The lowest BCUT2D eigenvalue weighted by Crippen LogP contribution is -2.36. The first kappa shape index (κ1) is 10.2. The molecular weight excluding hydrogens is 192 g/mol. The molecule has 1 rings (SSSR count). The minimum Gasteiger partial charge on any atom is -0.468 e. The van der Waals surface area contributed by atoms with Gasteiger partial charge in [0.25, 0.3) is 0 Å². The second-order valence-corrected chi connectivity index (χ2v) is 2.61. The van der Waals surface area contributed by atoms with E-state index in [9.17, 15) is 19.2 Å². The van der Waals surface area contributed by atoms with Crippen LogP contribution in [0.15, 0.2) is 0 Å². The lowest BCUT2D eigenvalue weighted by atomic mass is 10.5. The Kier molecular flexibility index (Phi) is 2.50. The van der Waals surface area contributed by atoms with E-state index in [2.05, 4.69) is 4.74 Å². The summed E-state index contributed by atoms with van der Waals surface area (Å²) in [6.45, 7) is -0.537. The summed E-state index contributed by atoms with van der Waals surface area (Å²) < 4.78 is 4.26. The van der Waals surface area contributed by atoms with Crippen LogP contribution in [0.25, 0.3) is 0 Å². The Morgan fingerprint density at radius 1 is 1.29 bits per heavy atom. The minimum absolute atomic E-state index is 0.536. The number of nitrogens with zero attached hydrogens (tertiary/aromatic N) is 2. The Bertz CT molecular complexity index is 324. The van der Waals surface area contributed by atoms with Crippen LogP contribution in [0.1, 0.15) is 0 Å². The van der Waals surface area contributed by atoms with E-state index in [4.69, 9.17) is 0 Å². The maximum absolute atomic E-state index is 11.2. The number of esters is 1. The van der Waals surface area contributed by atoms with E-state index >= 15 is 0 Å². The van der Waals surface area contributed by atoms with E-state index in [1.807, 2.05) is 0 Å². The largest absolute Gasteiger partial charge is 0.468 e. The van der Waals surface area contributed by atoms with Crippen molar-refractivity contribution in [2.45, 2.75) is 0 Å². The van der Waals surface area contributed by atoms with Gasteiger partial charge >= 0.3 is 23.8 Å². The van der Waals surface area contributed by atoms with E-state index < -0.39 is 30.4 Å². The van der Waals surface area contributed by atoms with E-state index in [1.165, 1.54) is 7.05 Å². The first-order chi connectivity index (χ1) is 6.49. The number of likely N-dealkylation sites (N-methyl/N-ethyl adjacent to an activating group) is 1. The molecule has 1 heterocycles. The highest BCUT2D eigenvalue weighted by molar-refractivity contribution is 6.44. The highest BCUT2D eigenvalue weighted by Gasteiger charge is 2.43. The molecule has 1 aliphatic heterocycles. The number of carbonyl (C=O) groups is 4. The van der Waals surface area contributed by atoms with Gasteiger partial charge in [0.15, 0.2) is 0 Å². The molecule has 0 bridgehead atoms. The van der Waals surface area contributed by atoms with E-state index in [1.54, 1.807) is 0 Å². The molecule has 0 aromatic rings. The molecule has 0 aliphatic carbocycles. The van der Waals surface area contributed by atoms with Gasteiger partial charge in [0.2, 0.25) is 0 Å². The van der Waals surface area contributed by atoms with Crippen LogP contribution in [0.3, 0.4) is 0 Å². The number of methoxy groups -OCH3 is 1. The molecule has 7 nitrogen and oxygen atoms in total. The predicted octanol–water partition coefficient (Wildman–Crippen LogP) is -1.42. The summed E-state index contributed by atoms with van der Waals surface area (Å²) in [5, 5.41) is 0. The quantitative estimate of drug-likeness (QED) is 0.310. The molecule has 0 saturated carbocycles. The zero-order valence-electron chi connectivity index (χ0n) is 7.64. The molecule has 14 heavy (non-hydrogen) atoms. The molecule has 76 valence electrons. The van der Waals surface area contributed by atoms with E-state index in [0.29, 0.717) is 9.80 Å². The van der Waals surface area contributed by atoms with Crippen LogP contribution in [-0.4, -0.2) is 54.3 Å². The topological polar surface area (TPSA) is 84.0 Å². The number of amides is 4. The third kappa shape index (κ3) is 1.43. The first-order valence-corrected chi connectivity index (χ1v) is 3.69. The van der Waals surface area contributed by atoms with Crippen molar-refractivity contribution in [3.8, 4) is 0 Å². The average Bonchev–Trinajstić information content (AvgIpc) is 2.35. The number of imide groups is 2. The van der Waals surface area contributed by atoms with Crippen LogP contribution in [0, 0.1) is 0 Å². The van der Waals surface area contributed by atoms with Gasteiger partial charge in [0, 0.05) is 7.05 Å². The summed E-state index contributed by atoms with van der Waals surface area (Å²) >= 11 is 0. The second-order valence-electron chi connectivity index (χ2n) is 2.61. The number of ether oxygens (including phenoxy) is 1. The molecule has 0 radical (unpaired) electrons. The standard InChI is InChI=1S/C7H8N2O5/c1-8-5(11)6(12)9(7(8)13)3-4(10)14-2/h3H2,1-2H3. The van der Waals surface area contributed by atoms with Gasteiger partial charge in [0.1, 0.15) is 6.54 Å². The first-order valence-electron chi connectivity index (χ1n) is 3.69. The van der Waals surface area contributed by atoms with Gasteiger partial charge in [-0.15, -0.1) is 0 Å². The van der Waals surface area contributed by atoms with Gasteiger partial charge in [0.05, 0.1) is 7.11 Å². The number of hydrogen-bond donors (Lipinski definition) is 0. The van der Waals surface area contributed by atoms with E-state index in [-0.39, 0.29) is 0 Å². The number of hydrogen-bond acceptors (Lipinski definition) is 5. The molecule has 1 fully saturated rings. The maximum Gasteiger partial charge on any atom is 0.334 e. The zero-order valence-corrected chi connectivity index (χ0v) is 7.64. The molecule has 0 atom stereocenters. The average molecular weight is 200 g/mol. The van der Waals surface area contributed by atoms with Crippen LogP contribution in [0.2, 0.25) is 0 Å². The van der Waals surface area contributed by atoms with Crippen LogP contribution >= 0.6 is 0 Å². The predicted molar refractivity (Wildman–Crippen MR) is 41.9 cm³/mol. The van der Waals surface area contributed by atoms with Crippen LogP contribution in [-0.2, 0) is 19.1 Å². The van der Waals surface area contributed by atoms with Crippen molar-refractivity contribution in [3.05, 3.63) is 0 Å². The van der Waals surface area contributed by atoms with E-state index in [0.717, 1.165) is 7.11 Å². The molecule has 1 aliphatic rings. The third-order valence-corrected chi connectivity index (χ3v) is 1.77. The highest BCUT2D eigenvalue weighted by atomic mass is 16.5. The third-order valence-electron chi connectivity index (χ3n) is 1.77. The Hall–Kier alpha value is -1.92. The summed E-state index contributed by atoms with van der Waals surface area (Å²) in [4.78, 5) is 45.2. The normalized spacial score (nSPS) is 16.6. The number of carbonyl (C=O) groups excluding carboxylic acids is 4. The SMILES string of the molecule is COC(=O)CN1C(=O)C(=O)N(C)C1=O. The highest BCUT2D eigenvalue weighted by Crippen LogP contribution is 2.08. The molecule has 0 aromatic carbocycles. The van der Waals surface area contributed by atoms with Gasteiger partial charge in [-0.05, 0) is 0 Å². The van der Waals surface area contributed by atoms with Crippen LogP contribution in [0.4, 0.5) is 4.79 Å². The fourth-order valence-electron chi connectivity index (χ4n) is 0.947. The van der Waals surface area contributed by atoms with Gasteiger partial charge in [-0.3, -0.25) is 19.3 Å². The lowest BCUT2D eigenvalue weighted by Gasteiger charge is -2.10. The maximum atomic E-state index is 11.2. The molecular formula is C7H8N2O5. The summed E-state index contributed by atoms with van der Waals surface area (Å²) in [7, 11) is 2.29. The summed E-state index contributed by atoms with van der Waals surface area (Å²) in [5.41, 5.74) is 0. The van der Waals surface area contributed by atoms with Crippen LogP contribution < -0.4 is 0 Å². The molecule has 1 saturated heterocycles. The van der Waals surface area contributed by atoms with Gasteiger partial charge in [-0.25, -0.2) is 9.69 Å². The van der Waals surface area contributed by atoms with Crippen molar-refractivity contribution >= 4 is 23.8 Å². The Labute approximate surface area is 79.2 Å². The number of rotatable bonds is 2. The van der Waals surface area contributed by atoms with Crippen LogP contribution in [0.5, 0.6) is 0 Å². The van der Waals surface area contributed by atoms with Crippen molar-refractivity contribution in [3.63, 3.8) is 0 Å². The van der Waals surface area contributed by atoms with Gasteiger partial charge in [-0.1, -0.05) is 0 Å². The second kappa shape index (κ2) is 3.44. The molecule has 7 heteroatoms. The molecule has 0 spiro atoms. The summed E-state index contributed by atoms with van der Waals surface area (Å²) in [5.74, 6) is -2.71. The Balaban J connectivity index is 2.80. The molecule has 0 N–H and O–H groups in total. The van der Waals surface area contributed by atoms with Crippen molar-refractivity contribution in [2.75, 3.05) is 20.7 Å². The monoisotopic (exact) mass is 200 g/mol. The number of urea groups is 1. The van der Waals surface area contributed by atoms with Crippen molar-refractivity contribution in [1.82, 2.24) is 9.80 Å². The molecule has 4 amide bonds. The molecule has 0 aromatic heterocycles.